The van der Waals surface area contributed by atoms with Gasteiger partial charge in [0.15, 0.2) is 11.6 Å². The molecule has 0 amide bonds. The molecule has 0 spiro atoms. The largest absolute Gasteiger partial charge is 0.378 e. The van der Waals surface area contributed by atoms with Gasteiger partial charge < -0.3 is 10.1 Å². The number of anilines is 2. The van der Waals surface area contributed by atoms with Crippen molar-refractivity contribution in [3.63, 3.8) is 0 Å². The molecular weight excluding hydrogens is 275 g/mol. The first-order valence-corrected chi connectivity index (χ1v) is 5.50. The van der Waals surface area contributed by atoms with Crippen LogP contribution in [0.2, 0.25) is 0 Å². The first-order valence-electron chi connectivity index (χ1n) is 5.50. The molecule has 1 aromatic carbocycles. The fourth-order valence-electron chi connectivity index (χ4n) is 1.53. The smallest absolute Gasteiger partial charge is 0.252 e. The summed E-state index contributed by atoms with van der Waals surface area (Å²) in [5.74, 6) is -3.63. The summed E-state index contributed by atoms with van der Waals surface area (Å²) < 4.78 is 44.1. The molecule has 0 bridgehead atoms. The molecule has 0 unspecified atom stereocenters. The van der Waals surface area contributed by atoms with Crippen LogP contribution in [0.15, 0.2) is 23.0 Å². The van der Waals surface area contributed by atoms with Gasteiger partial charge in [-0.1, -0.05) is 0 Å². The molecule has 0 radical (unpaired) electrons. The van der Waals surface area contributed by atoms with E-state index in [2.05, 4.69) is 15.3 Å². The molecule has 2 N–H and O–H groups in total. The monoisotopic (exact) mass is 285 g/mol. The van der Waals surface area contributed by atoms with Gasteiger partial charge in [0.25, 0.3) is 5.56 Å². The van der Waals surface area contributed by atoms with E-state index in [1.165, 1.54) is 13.2 Å². The standard InChI is InChI=1S/C12H10F3N3O2/c1-20-5-6-2-11(19)18-12(16-6)17-10-4-8(14)7(13)3-9(10)15/h2-4H,5H2,1H3,(H2,16,17,18,19). The molecule has 5 nitrogen and oxygen atoms in total. The Balaban J connectivity index is 2.34. The molecule has 0 fully saturated rings. The average molecular weight is 285 g/mol. The van der Waals surface area contributed by atoms with Crippen molar-refractivity contribution in [2.24, 2.45) is 0 Å². The van der Waals surface area contributed by atoms with Gasteiger partial charge in [-0.25, -0.2) is 18.2 Å². The Labute approximate surface area is 111 Å². The van der Waals surface area contributed by atoms with E-state index < -0.39 is 23.0 Å². The van der Waals surface area contributed by atoms with Crippen LogP contribution in [0.25, 0.3) is 0 Å². The van der Waals surface area contributed by atoms with E-state index in [0.717, 1.165) is 0 Å². The van der Waals surface area contributed by atoms with Gasteiger partial charge in [0.05, 0.1) is 18.0 Å². The predicted molar refractivity (Wildman–Crippen MR) is 65.2 cm³/mol. The Kier molecular flexibility index (Phi) is 4.04. The lowest BCUT2D eigenvalue weighted by atomic mass is 10.3. The van der Waals surface area contributed by atoms with E-state index in [1.54, 1.807) is 0 Å². The van der Waals surface area contributed by atoms with Crippen LogP contribution in [0.3, 0.4) is 0 Å². The molecule has 2 aromatic rings. The van der Waals surface area contributed by atoms with E-state index in [4.69, 9.17) is 4.74 Å². The molecule has 1 aromatic heterocycles. The minimum absolute atomic E-state index is 0.0822. The number of hydrogen-bond acceptors (Lipinski definition) is 4. The van der Waals surface area contributed by atoms with E-state index in [1.807, 2.05) is 0 Å². The minimum atomic E-state index is -1.30. The number of H-pyrrole nitrogens is 1. The zero-order chi connectivity index (χ0) is 14.7. The summed E-state index contributed by atoms with van der Waals surface area (Å²) in [6.45, 7) is 0.0822. The number of nitrogens with one attached hydrogen (secondary N) is 2. The summed E-state index contributed by atoms with van der Waals surface area (Å²) >= 11 is 0. The Bertz CT molecular complexity index is 688. The normalized spacial score (nSPS) is 10.6. The van der Waals surface area contributed by atoms with Crippen LogP contribution in [0.5, 0.6) is 0 Å². The van der Waals surface area contributed by atoms with Crippen molar-refractivity contribution in [2.45, 2.75) is 6.61 Å². The third-order valence-electron chi connectivity index (χ3n) is 2.35. The first-order chi connectivity index (χ1) is 9.49. The van der Waals surface area contributed by atoms with Crippen molar-refractivity contribution < 1.29 is 17.9 Å². The summed E-state index contributed by atoms with van der Waals surface area (Å²) in [7, 11) is 1.42. The molecule has 0 aliphatic rings. The molecule has 0 saturated carbocycles. The highest BCUT2D eigenvalue weighted by molar-refractivity contribution is 5.54. The predicted octanol–water partition coefficient (Wildman–Crippen LogP) is 2.08. The quantitative estimate of drug-likeness (QED) is 0.844. The average Bonchev–Trinajstić information content (AvgIpc) is 2.35. The molecule has 106 valence electrons. The highest BCUT2D eigenvalue weighted by Gasteiger charge is 2.11. The molecule has 2 rings (SSSR count). The summed E-state index contributed by atoms with van der Waals surface area (Å²) in [5.41, 5.74) is -0.527. The van der Waals surface area contributed by atoms with Gasteiger partial charge in [-0.05, 0) is 0 Å². The lowest BCUT2D eigenvalue weighted by molar-refractivity contribution is 0.181. The molecule has 1 heterocycles. The van der Waals surface area contributed by atoms with Crippen LogP contribution in [0.1, 0.15) is 5.69 Å². The maximum Gasteiger partial charge on any atom is 0.252 e. The van der Waals surface area contributed by atoms with Crippen molar-refractivity contribution in [2.75, 3.05) is 12.4 Å². The van der Waals surface area contributed by atoms with Crippen molar-refractivity contribution in [3.8, 4) is 0 Å². The number of methoxy groups -OCH3 is 1. The zero-order valence-corrected chi connectivity index (χ0v) is 10.3. The topological polar surface area (TPSA) is 67.0 Å². The van der Waals surface area contributed by atoms with Crippen LogP contribution >= 0.6 is 0 Å². The second-order valence-electron chi connectivity index (χ2n) is 3.89. The summed E-state index contributed by atoms with van der Waals surface area (Å²) in [6.07, 6.45) is 0. The zero-order valence-electron chi connectivity index (χ0n) is 10.3. The molecule has 0 aliphatic heterocycles. The Hall–Kier alpha value is -2.35. The molecular formula is C12H10F3N3O2. The highest BCUT2D eigenvalue weighted by atomic mass is 19.2. The number of hydrogen-bond donors (Lipinski definition) is 2. The van der Waals surface area contributed by atoms with Crippen LogP contribution in [0, 0.1) is 17.5 Å². The van der Waals surface area contributed by atoms with E-state index in [0.29, 0.717) is 17.8 Å². The van der Waals surface area contributed by atoms with Gasteiger partial charge in [0.2, 0.25) is 5.95 Å². The third-order valence-corrected chi connectivity index (χ3v) is 2.35. The molecule has 0 atom stereocenters. The van der Waals surface area contributed by atoms with Crippen LogP contribution in [-0.4, -0.2) is 17.1 Å². The number of halogens is 3. The van der Waals surface area contributed by atoms with Crippen LogP contribution in [0.4, 0.5) is 24.8 Å². The summed E-state index contributed by atoms with van der Waals surface area (Å²) in [5, 5.41) is 2.38. The first kappa shape index (κ1) is 14.1. The minimum Gasteiger partial charge on any atom is -0.378 e. The van der Waals surface area contributed by atoms with E-state index in [-0.39, 0.29) is 18.2 Å². The van der Waals surface area contributed by atoms with Gasteiger partial charge in [0.1, 0.15) is 5.82 Å². The molecule has 0 saturated heterocycles. The molecule has 8 heteroatoms. The van der Waals surface area contributed by atoms with Crippen LogP contribution < -0.4 is 10.9 Å². The SMILES string of the molecule is COCc1cc(=O)[nH]c(Nc2cc(F)c(F)cc2F)n1. The fraction of sp³-hybridized carbons (Fsp3) is 0.167. The van der Waals surface area contributed by atoms with Crippen molar-refractivity contribution in [1.29, 1.82) is 0 Å². The highest BCUT2D eigenvalue weighted by Crippen LogP contribution is 2.20. The van der Waals surface area contributed by atoms with E-state index >= 15 is 0 Å². The fourth-order valence-corrected chi connectivity index (χ4v) is 1.53. The van der Waals surface area contributed by atoms with Crippen molar-refractivity contribution in [3.05, 3.63) is 51.7 Å². The Morgan fingerprint density at radius 3 is 2.60 bits per heavy atom. The van der Waals surface area contributed by atoms with E-state index in [9.17, 15) is 18.0 Å². The second kappa shape index (κ2) is 5.74. The number of aromatic amines is 1. The number of ether oxygens (including phenoxy) is 1. The summed E-state index contributed by atoms with van der Waals surface area (Å²) in [4.78, 5) is 17.6. The van der Waals surface area contributed by atoms with Crippen molar-refractivity contribution in [1.82, 2.24) is 9.97 Å². The maximum atomic E-state index is 13.5. The number of aromatic nitrogens is 2. The third kappa shape index (κ3) is 3.15. The maximum absolute atomic E-state index is 13.5. The van der Waals surface area contributed by atoms with Crippen molar-refractivity contribution >= 4 is 11.6 Å². The number of rotatable bonds is 4. The number of benzene rings is 1. The van der Waals surface area contributed by atoms with Gasteiger partial charge in [-0.2, -0.15) is 0 Å². The van der Waals surface area contributed by atoms with Gasteiger partial charge in [-0.15, -0.1) is 0 Å². The second-order valence-corrected chi connectivity index (χ2v) is 3.89. The lowest BCUT2D eigenvalue weighted by Crippen LogP contribution is -2.13. The lowest BCUT2D eigenvalue weighted by Gasteiger charge is -2.08. The molecule has 0 aliphatic carbocycles. The molecule has 20 heavy (non-hydrogen) atoms. The number of nitrogens with zero attached hydrogens (tertiary/aromatic N) is 1. The van der Waals surface area contributed by atoms with Gasteiger partial charge in [0, 0.05) is 25.3 Å². The summed E-state index contributed by atoms with van der Waals surface area (Å²) in [6, 6.07) is 2.23. The van der Waals surface area contributed by atoms with Gasteiger partial charge in [-0.3, -0.25) is 9.78 Å². The van der Waals surface area contributed by atoms with Crippen LogP contribution in [-0.2, 0) is 11.3 Å². The van der Waals surface area contributed by atoms with Gasteiger partial charge >= 0.3 is 0 Å². The Morgan fingerprint density at radius 2 is 1.90 bits per heavy atom. The Morgan fingerprint density at radius 1 is 1.20 bits per heavy atom.